The first-order valence-corrected chi connectivity index (χ1v) is 12.2. The molecule has 1 atom stereocenters. The van der Waals surface area contributed by atoms with Crippen LogP contribution in [0.3, 0.4) is 0 Å². The van der Waals surface area contributed by atoms with E-state index in [-0.39, 0.29) is 17.1 Å². The Labute approximate surface area is 208 Å². The SMILES string of the molecule is CCCCOc1cccc(C2c3c(oc4ccc(Cl)cc4c3=O)C(=O)N2c2ccc(C)c(C)c2)c1. The zero-order valence-electron chi connectivity index (χ0n) is 19.9. The van der Waals surface area contributed by atoms with Crippen molar-refractivity contribution in [2.75, 3.05) is 11.5 Å². The van der Waals surface area contributed by atoms with Gasteiger partial charge in [-0.3, -0.25) is 14.5 Å². The van der Waals surface area contributed by atoms with Crippen molar-refractivity contribution in [1.29, 1.82) is 0 Å². The second-order valence-electron chi connectivity index (χ2n) is 8.94. The Balaban J connectivity index is 1.73. The number of hydrogen-bond acceptors (Lipinski definition) is 4. The highest BCUT2D eigenvalue weighted by molar-refractivity contribution is 6.31. The number of amides is 1. The lowest BCUT2D eigenvalue weighted by Gasteiger charge is -2.26. The van der Waals surface area contributed by atoms with E-state index >= 15 is 0 Å². The topological polar surface area (TPSA) is 59.8 Å². The van der Waals surface area contributed by atoms with Crippen molar-refractivity contribution in [3.63, 3.8) is 0 Å². The summed E-state index contributed by atoms with van der Waals surface area (Å²) in [5.41, 5.74) is 4.04. The van der Waals surface area contributed by atoms with Crippen LogP contribution in [-0.2, 0) is 0 Å². The maximum absolute atomic E-state index is 13.8. The first kappa shape index (κ1) is 23.2. The zero-order valence-corrected chi connectivity index (χ0v) is 20.7. The van der Waals surface area contributed by atoms with Crippen LogP contribution in [0.2, 0.25) is 5.02 Å². The molecule has 0 fully saturated rings. The number of rotatable bonds is 6. The van der Waals surface area contributed by atoms with E-state index < -0.39 is 6.04 Å². The van der Waals surface area contributed by atoms with Gasteiger partial charge in [0.05, 0.1) is 23.6 Å². The Morgan fingerprint density at radius 3 is 2.60 bits per heavy atom. The molecule has 1 aliphatic heterocycles. The van der Waals surface area contributed by atoms with Crippen LogP contribution in [-0.4, -0.2) is 12.5 Å². The molecule has 0 saturated heterocycles. The van der Waals surface area contributed by atoms with Crippen LogP contribution in [0.5, 0.6) is 5.75 Å². The van der Waals surface area contributed by atoms with Crippen molar-refractivity contribution in [2.24, 2.45) is 0 Å². The minimum Gasteiger partial charge on any atom is -0.494 e. The number of aryl methyl sites for hydroxylation is 2. The number of benzene rings is 3. The van der Waals surface area contributed by atoms with Gasteiger partial charge in [0.2, 0.25) is 5.76 Å². The van der Waals surface area contributed by atoms with Gasteiger partial charge >= 0.3 is 0 Å². The lowest BCUT2D eigenvalue weighted by atomic mass is 9.97. The molecule has 5 rings (SSSR count). The molecule has 1 unspecified atom stereocenters. The predicted octanol–water partition coefficient (Wildman–Crippen LogP) is 6.99. The highest BCUT2D eigenvalue weighted by Crippen LogP contribution is 2.42. The molecule has 0 saturated carbocycles. The Morgan fingerprint density at radius 1 is 1.00 bits per heavy atom. The molecular weight excluding hydrogens is 462 g/mol. The van der Waals surface area contributed by atoms with E-state index in [1.54, 1.807) is 23.1 Å². The second-order valence-corrected chi connectivity index (χ2v) is 9.37. The van der Waals surface area contributed by atoms with Crippen molar-refractivity contribution in [1.82, 2.24) is 0 Å². The summed E-state index contributed by atoms with van der Waals surface area (Å²) in [6, 6.07) is 17.6. The van der Waals surface area contributed by atoms with Gasteiger partial charge in [-0.15, -0.1) is 0 Å². The number of carbonyl (C=O) groups excluding carboxylic acids is 1. The van der Waals surface area contributed by atoms with Crippen molar-refractivity contribution in [3.05, 3.63) is 104 Å². The molecule has 35 heavy (non-hydrogen) atoms. The van der Waals surface area contributed by atoms with E-state index in [9.17, 15) is 9.59 Å². The van der Waals surface area contributed by atoms with Gasteiger partial charge in [0.15, 0.2) is 5.43 Å². The molecule has 0 bridgehead atoms. The van der Waals surface area contributed by atoms with Crippen LogP contribution in [0, 0.1) is 13.8 Å². The van der Waals surface area contributed by atoms with E-state index in [2.05, 4.69) is 6.92 Å². The van der Waals surface area contributed by atoms with E-state index in [1.807, 2.05) is 56.3 Å². The number of ether oxygens (including phenoxy) is 1. The summed E-state index contributed by atoms with van der Waals surface area (Å²) in [6.07, 6.45) is 1.97. The maximum Gasteiger partial charge on any atom is 0.295 e. The van der Waals surface area contributed by atoms with Gasteiger partial charge in [0.1, 0.15) is 11.3 Å². The van der Waals surface area contributed by atoms with Crippen LogP contribution in [0.25, 0.3) is 11.0 Å². The molecule has 3 aromatic carbocycles. The number of anilines is 1. The summed E-state index contributed by atoms with van der Waals surface area (Å²) in [6.45, 7) is 6.74. The number of hydrogen-bond donors (Lipinski definition) is 0. The summed E-state index contributed by atoms with van der Waals surface area (Å²) in [7, 11) is 0. The maximum atomic E-state index is 13.8. The molecule has 6 heteroatoms. The predicted molar refractivity (Wildman–Crippen MR) is 139 cm³/mol. The first-order chi connectivity index (χ1) is 16.9. The summed E-state index contributed by atoms with van der Waals surface area (Å²) in [5.74, 6) is 0.412. The Morgan fingerprint density at radius 2 is 1.83 bits per heavy atom. The molecule has 0 spiro atoms. The molecule has 0 N–H and O–H groups in total. The van der Waals surface area contributed by atoms with Crippen LogP contribution in [0.1, 0.15) is 58.6 Å². The number of nitrogens with zero attached hydrogens (tertiary/aromatic N) is 1. The number of carbonyl (C=O) groups is 1. The Kier molecular flexibility index (Phi) is 6.12. The van der Waals surface area contributed by atoms with Crippen molar-refractivity contribution >= 4 is 34.2 Å². The minimum absolute atomic E-state index is 0.0605. The average molecular weight is 488 g/mol. The van der Waals surface area contributed by atoms with Crippen LogP contribution < -0.4 is 15.1 Å². The Bertz CT molecular complexity index is 1510. The molecule has 5 nitrogen and oxygen atoms in total. The molecule has 1 amide bonds. The van der Waals surface area contributed by atoms with Crippen LogP contribution in [0.4, 0.5) is 5.69 Å². The van der Waals surface area contributed by atoms with Crippen molar-refractivity contribution < 1.29 is 13.9 Å². The second kappa shape index (κ2) is 9.23. The quantitative estimate of drug-likeness (QED) is 0.275. The van der Waals surface area contributed by atoms with Gasteiger partial charge in [0, 0.05) is 10.7 Å². The molecular formula is C29H26ClNO4. The fraction of sp³-hybridized carbons (Fsp3) is 0.241. The third kappa shape index (κ3) is 4.10. The molecule has 1 aromatic heterocycles. The average Bonchev–Trinajstić information content (AvgIpc) is 3.14. The van der Waals surface area contributed by atoms with Gasteiger partial charge in [-0.25, -0.2) is 0 Å². The molecule has 2 heterocycles. The number of halogens is 1. The van der Waals surface area contributed by atoms with Crippen molar-refractivity contribution in [2.45, 2.75) is 39.7 Å². The summed E-state index contributed by atoms with van der Waals surface area (Å²) < 4.78 is 12.0. The standard InChI is InChI=1S/C29H26ClNO4/c1-4-5-13-34-22-8-6-7-19(15-22)26-25-27(32)23-16-20(30)10-12-24(23)35-28(25)29(33)31(26)21-11-9-17(2)18(3)14-21/h6-12,14-16,26H,4-5,13H2,1-3H3. The lowest BCUT2D eigenvalue weighted by molar-refractivity contribution is 0.0971. The van der Waals surface area contributed by atoms with Gasteiger partial charge in [-0.1, -0.05) is 43.1 Å². The summed E-state index contributed by atoms with van der Waals surface area (Å²) >= 11 is 6.19. The highest BCUT2D eigenvalue weighted by atomic mass is 35.5. The number of unbranched alkanes of at least 4 members (excludes halogenated alkanes) is 1. The third-order valence-corrected chi connectivity index (χ3v) is 6.78. The van der Waals surface area contributed by atoms with Gasteiger partial charge in [-0.2, -0.15) is 0 Å². The fourth-order valence-electron chi connectivity index (χ4n) is 4.51. The summed E-state index contributed by atoms with van der Waals surface area (Å²) in [4.78, 5) is 29.2. The first-order valence-electron chi connectivity index (χ1n) is 11.8. The van der Waals surface area contributed by atoms with Crippen molar-refractivity contribution in [3.8, 4) is 5.75 Å². The molecule has 0 aliphatic carbocycles. The van der Waals surface area contributed by atoms with Crippen LogP contribution in [0.15, 0.2) is 69.9 Å². The molecule has 178 valence electrons. The third-order valence-electron chi connectivity index (χ3n) is 6.54. The minimum atomic E-state index is -0.658. The molecule has 1 aliphatic rings. The van der Waals surface area contributed by atoms with Gasteiger partial charge in [-0.05, 0) is 79.4 Å². The van der Waals surface area contributed by atoms with E-state index in [0.717, 1.165) is 29.5 Å². The smallest absolute Gasteiger partial charge is 0.295 e. The van der Waals surface area contributed by atoms with Gasteiger partial charge < -0.3 is 9.15 Å². The molecule has 4 aromatic rings. The highest BCUT2D eigenvalue weighted by Gasteiger charge is 2.43. The normalized spacial score (nSPS) is 15.0. The van der Waals surface area contributed by atoms with Crippen LogP contribution >= 0.6 is 11.6 Å². The lowest BCUT2D eigenvalue weighted by Crippen LogP contribution is -2.29. The molecule has 0 radical (unpaired) electrons. The van der Waals surface area contributed by atoms with E-state index in [0.29, 0.717) is 39.6 Å². The van der Waals surface area contributed by atoms with E-state index in [1.165, 1.54) is 0 Å². The fourth-order valence-corrected chi connectivity index (χ4v) is 4.68. The summed E-state index contributed by atoms with van der Waals surface area (Å²) in [5, 5.41) is 0.786. The number of fused-ring (bicyclic) bond motifs is 2. The van der Waals surface area contributed by atoms with Gasteiger partial charge in [0.25, 0.3) is 5.91 Å². The Hall–Kier alpha value is -3.57. The zero-order chi connectivity index (χ0) is 24.7. The largest absolute Gasteiger partial charge is 0.494 e. The monoisotopic (exact) mass is 487 g/mol. The van der Waals surface area contributed by atoms with E-state index in [4.69, 9.17) is 20.8 Å².